The van der Waals surface area contributed by atoms with Crippen LogP contribution in [0.4, 0.5) is 0 Å². The molecular weight excluding hydrogens is 758 g/mol. The van der Waals surface area contributed by atoms with Gasteiger partial charge in [-0.2, -0.15) is 0 Å². The topological polar surface area (TPSA) is 153 Å². The number of carboxylic acids is 2. The Hall–Kier alpha value is -2.55. The number of esters is 2. The molecule has 0 aliphatic carbocycles. The molecule has 234 valence electrons. The van der Waals surface area contributed by atoms with Gasteiger partial charge in [-0.05, 0) is 37.1 Å². The monoisotopic (exact) mass is 797 g/mol. The number of carbonyl (C=O) groups excluding carboxylic acids is 2. The molecule has 2 rings (SSSR count). The first-order chi connectivity index (χ1) is 19.5. The molecule has 41 heavy (non-hydrogen) atoms. The van der Waals surface area contributed by atoms with E-state index in [1.165, 1.54) is 0 Å². The molecule has 2 heterocycles. The number of ether oxygens (including phenoxy) is 2. The first-order valence-corrected chi connectivity index (χ1v) is 18.6. The summed E-state index contributed by atoms with van der Waals surface area (Å²) in [7, 11) is 9.75. The van der Waals surface area contributed by atoms with E-state index >= 15 is 0 Å². The van der Waals surface area contributed by atoms with E-state index in [-0.39, 0.29) is 11.9 Å². The third kappa shape index (κ3) is 24.9. The molecule has 0 saturated carbocycles. The van der Waals surface area contributed by atoms with E-state index in [2.05, 4.69) is 23.8 Å². The fraction of sp³-hybridized carbons (Fsp3) is 0.500. The molecule has 2 N–H and O–H groups in total. The molecule has 0 amide bonds. The van der Waals surface area contributed by atoms with Gasteiger partial charge in [0, 0.05) is 26.2 Å². The van der Waals surface area contributed by atoms with Crippen LogP contribution < -0.4 is 0 Å². The number of halogens is 2. The molecule has 0 aromatic carbocycles. The molecule has 0 radical (unpaired) electrons. The zero-order valence-electron chi connectivity index (χ0n) is 23.8. The first kappa shape index (κ1) is 40.6. The number of hydrogen-bond donors (Lipinski definition) is 2. The van der Waals surface area contributed by atoms with Crippen molar-refractivity contribution in [1.82, 2.24) is 9.97 Å². The number of aliphatic carboxylic acids is 2. The van der Waals surface area contributed by atoms with Crippen LogP contribution in [-0.2, 0) is 35.5 Å². The van der Waals surface area contributed by atoms with Crippen LogP contribution in [0.15, 0.2) is 36.7 Å². The summed E-state index contributed by atoms with van der Waals surface area (Å²) in [5, 5.41) is 14.8. The number of aromatic nitrogens is 2. The van der Waals surface area contributed by atoms with E-state index in [4.69, 9.17) is 48.1 Å². The molecular formula is C28H40Cl2N2O8Pt. The molecule has 0 saturated heterocycles. The van der Waals surface area contributed by atoms with Gasteiger partial charge in [0.25, 0.3) is 11.9 Å². The number of unbranched alkanes of at least 4 members (excludes halogenated alkanes) is 6. The summed E-state index contributed by atoms with van der Waals surface area (Å²) in [6.45, 7) is 7.27. The Bertz CT molecular complexity index is 941. The standard InChI is InChI=1S/C24H32N2O4.2C2H4O2.2ClH.Pt/c1-3-5-7-9-15-29-23(27)19-11-13-25-21(17-19)22-18-20(12-14-26-22)24(28)30-16-10-8-6-4-2;2*1-2(3)4;;;/h11-14,17-18H,3-10,15-16H2,1-2H3;2*1H3,(H,3,4);2*1H;/q;;;;;+2/p-2. The summed E-state index contributed by atoms with van der Waals surface area (Å²) in [5.41, 5.74) is 1.85. The van der Waals surface area contributed by atoms with E-state index in [1.54, 1.807) is 36.7 Å². The second-order valence-electron chi connectivity index (χ2n) is 8.34. The Labute approximate surface area is 258 Å². The van der Waals surface area contributed by atoms with Crippen molar-refractivity contribution in [3.8, 4) is 11.4 Å². The van der Waals surface area contributed by atoms with Crippen LogP contribution in [0.1, 0.15) is 99.8 Å². The molecule has 0 spiro atoms. The number of nitrogens with zero attached hydrogens (tertiary/aromatic N) is 2. The van der Waals surface area contributed by atoms with Gasteiger partial charge in [-0.3, -0.25) is 19.6 Å². The van der Waals surface area contributed by atoms with Gasteiger partial charge in [-0.1, -0.05) is 52.4 Å². The van der Waals surface area contributed by atoms with Gasteiger partial charge in [0.15, 0.2) is 0 Å². The van der Waals surface area contributed by atoms with Crippen molar-refractivity contribution in [3.63, 3.8) is 0 Å². The molecule has 2 aromatic heterocycles. The van der Waals surface area contributed by atoms with Crippen LogP contribution >= 0.6 is 18.8 Å². The molecule has 0 aliphatic heterocycles. The number of carboxylic acid groups (broad SMARTS) is 2. The average molecular weight is 799 g/mol. The fourth-order valence-corrected chi connectivity index (χ4v) is 2.95. The molecule has 0 aliphatic rings. The maximum absolute atomic E-state index is 12.3. The van der Waals surface area contributed by atoms with Gasteiger partial charge in [0.05, 0.1) is 35.7 Å². The normalized spacial score (nSPS) is 9.51. The Balaban J connectivity index is 0. The number of carbonyl (C=O) groups is 4. The first-order valence-electron chi connectivity index (χ1n) is 13.0. The molecule has 13 heteroatoms. The van der Waals surface area contributed by atoms with Gasteiger partial charge < -0.3 is 19.7 Å². The Morgan fingerprint density at radius 3 is 1.32 bits per heavy atom. The van der Waals surface area contributed by atoms with E-state index in [0.717, 1.165) is 65.2 Å². The van der Waals surface area contributed by atoms with Crippen molar-refractivity contribution in [1.29, 1.82) is 0 Å². The van der Waals surface area contributed by atoms with Crippen LogP contribution in [0.25, 0.3) is 11.4 Å². The van der Waals surface area contributed by atoms with E-state index in [0.29, 0.717) is 35.7 Å². The van der Waals surface area contributed by atoms with Gasteiger partial charge >= 0.3 is 47.3 Å². The van der Waals surface area contributed by atoms with Crippen molar-refractivity contribution in [2.75, 3.05) is 13.2 Å². The van der Waals surface area contributed by atoms with Crippen molar-refractivity contribution in [2.24, 2.45) is 0 Å². The Morgan fingerprint density at radius 2 is 1.02 bits per heavy atom. The number of hydrogen-bond acceptors (Lipinski definition) is 8. The van der Waals surface area contributed by atoms with E-state index in [9.17, 15) is 9.59 Å². The van der Waals surface area contributed by atoms with Gasteiger partial charge in [-0.15, -0.1) is 0 Å². The average Bonchev–Trinajstić information content (AvgIpc) is 2.92. The second-order valence-corrected chi connectivity index (χ2v) is 11.6. The van der Waals surface area contributed by atoms with E-state index < -0.39 is 28.4 Å². The SMILES string of the molecule is CC(=O)O.CC(=O)O.CCCCCCOC(=O)c1ccnc(-c2cc(C(=O)OCCCCCC)ccn2)c1.[Cl][Pt][Cl]. The minimum absolute atomic E-state index is 0.377. The predicted molar refractivity (Wildman–Crippen MR) is 155 cm³/mol. The summed E-state index contributed by atoms with van der Waals surface area (Å²) in [6, 6.07) is 6.51. The Kier molecular flexibility index (Phi) is 27.3. The zero-order valence-corrected chi connectivity index (χ0v) is 27.6. The molecule has 2 aromatic rings. The Morgan fingerprint density at radius 1 is 0.707 bits per heavy atom. The summed E-state index contributed by atoms with van der Waals surface area (Å²) in [5.74, 6) is -2.42. The van der Waals surface area contributed by atoms with Crippen molar-refractivity contribution in [2.45, 2.75) is 79.1 Å². The van der Waals surface area contributed by atoms with Crippen molar-refractivity contribution < 1.29 is 55.3 Å². The molecule has 0 bridgehead atoms. The minimum atomic E-state index is -0.833. The molecule has 10 nitrogen and oxygen atoms in total. The van der Waals surface area contributed by atoms with Gasteiger partial charge in [0.2, 0.25) is 0 Å². The summed E-state index contributed by atoms with van der Waals surface area (Å²) in [6.07, 6.45) is 11.5. The predicted octanol–water partition coefficient (Wildman–Crippen LogP) is 7.18. The van der Waals surface area contributed by atoms with Gasteiger partial charge in [0.1, 0.15) is 0 Å². The fourth-order valence-electron chi connectivity index (χ4n) is 2.95. The quantitative estimate of drug-likeness (QED) is 0.158. The number of pyridine rings is 2. The molecule has 0 unspecified atom stereocenters. The summed E-state index contributed by atoms with van der Waals surface area (Å²) in [4.78, 5) is 51.1. The number of rotatable bonds is 13. The molecule has 0 fully saturated rings. The van der Waals surface area contributed by atoms with Crippen LogP contribution in [0.2, 0.25) is 0 Å². The van der Waals surface area contributed by atoms with E-state index in [1.807, 2.05) is 0 Å². The van der Waals surface area contributed by atoms with Crippen LogP contribution in [0, 0.1) is 0 Å². The summed E-state index contributed by atoms with van der Waals surface area (Å²) >= 11 is -0.472. The zero-order chi connectivity index (χ0) is 31.5. The van der Waals surface area contributed by atoms with Crippen molar-refractivity contribution >= 4 is 42.7 Å². The maximum atomic E-state index is 12.3. The second kappa shape index (κ2) is 27.6. The van der Waals surface area contributed by atoms with Crippen LogP contribution in [0.3, 0.4) is 0 Å². The summed E-state index contributed by atoms with van der Waals surface area (Å²) < 4.78 is 10.7. The van der Waals surface area contributed by atoms with Gasteiger partial charge in [-0.25, -0.2) is 9.59 Å². The third-order valence-corrected chi connectivity index (χ3v) is 4.72. The van der Waals surface area contributed by atoms with Crippen LogP contribution in [-0.4, -0.2) is 57.3 Å². The molecule has 0 atom stereocenters. The van der Waals surface area contributed by atoms with Crippen molar-refractivity contribution in [3.05, 3.63) is 47.8 Å². The third-order valence-electron chi connectivity index (χ3n) is 4.72. The van der Waals surface area contributed by atoms with Crippen LogP contribution in [0.5, 0.6) is 0 Å².